The van der Waals surface area contributed by atoms with Crippen molar-refractivity contribution in [3.63, 3.8) is 0 Å². The molecule has 17 heavy (non-hydrogen) atoms. The lowest BCUT2D eigenvalue weighted by Crippen LogP contribution is -2.25. The van der Waals surface area contributed by atoms with E-state index in [2.05, 4.69) is 13.8 Å². The van der Waals surface area contributed by atoms with Crippen LogP contribution in [0.2, 0.25) is 0 Å². The van der Waals surface area contributed by atoms with Gasteiger partial charge in [0.2, 0.25) is 5.91 Å². The van der Waals surface area contributed by atoms with Crippen LogP contribution in [0, 0.1) is 11.8 Å². The second-order valence-electron chi connectivity index (χ2n) is 5.22. The van der Waals surface area contributed by atoms with Gasteiger partial charge < -0.3 is 10.6 Å². The summed E-state index contributed by atoms with van der Waals surface area (Å²) in [7, 11) is 0. The Hall–Kier alpha value is -1.51. The molecule has 1 unspecified atom stereocenters. The summed E-state index contributed by atoms with van der Waals surface area (Å²) in [4.78, 5) is 13.8. The molecule has 1 aliphatic heterocycles. The molecule has 0 spiro atoms. The van der Waals surface area contributed by atoms with Gasteiger partial charge in [0.1, 0.15) is 0 Å². The number of anilines is 1. The smallest absolute Gasteiger partial charge is 0.223 e. The largest absolute Gasteiger partial charge is 0.399 e. The van der Waals surface area contributed by atoms with Gasteiger partial charge in [0, 0.05) is 25.2 Å². The van der Waals surface area contributed by atoms with Crippen LogP contribution in [-0.2, 0) is 11.3 Å². The van der Waals surface area contributed by atoms with Crippen LogP contribution in [0.15, 0.2) is 24.3 Å². The van der Waals surface area contributed by atoms with Gasteiger partial charge in [0.05, 0.1) is 0 Å². The third-order valence-electron chi connectivity index (χ3n) is 3.54. The average molecular weight is 232 g/mol. The summed E-state index contributed by atoms with van der Waals surface area (Å²) in [6.07, 6.45) is 0.701. The monoisotopic (exact) mass is 232 g/mol. The summed E-state index contributed by atoms with van der Waals surface area (Å²) in [5.74, 6) is 1.37. The number of hydrogen-bond donors (Lipinski definition) is 1. The number of rotatable bonds is 3. The molecule has 0 aromatic heterocycles. The zero-order chi connectivity index (χ0) is 12.4. The van der Waals surface area contributed by atoms with Crippen LogP contribution in [0.5, 0.6) is 0 Å². The first-order valence-corrected chi connectivity index (χ1v) is 6.18. The molecule has 1 amide bonds. The molecular formula is C14H20N2O. The average Bonchev–Trinajstić information content (AvgIpc) is 2.64. The molecule has 92 valence electrons. The predicted octanol–water partition coefficient (Wildman–Crippen LogP) is 2.27. The highest BCUT2D eigenvalue weighted by atomic mass is 16.2. The minimum absolute atomic E-state index is 0.278. The van der Waals surface area contributed by atoms with E-state index in [9.17, 15) is 4.79 Å². The van der Waals surface area contributed by atoms with Crippen LogP contribution < -0.4 is 5.73 Å². The summed E-state index contributed by atoms with van der Waals surface area (Å²) in [6.45, 7) is 5.97. The normalized spacial score (nSPS) is 20.3. The van der Waals surface area contributed by atoms with Gasteiger partial charge in [-0.2, -0.15) is 0 Å². The van der Waals surface area contributed by atoms with E-state index in [1.54, 1.807) is 0 Å². The zero-order valence-corrected chi connectivity index (χ0v) is 10.5. The van der Waals surface area contributed by atoms with Gasteiger partial charge in [-0.15, -0.1) is 0 Å². The van der Waals surface area contributed by atoms with E-state index in [1.165, 1.54) is 0 Å². The summed E-state index contributed by atoms with van der Waals surface area (Å²) in [6, 6.07) is 7.75. The third-order valence-corrected chi connectivity index (χ3v) is 3.54. The van der Waals surface area contributed by atoms with Crippen LogP contribution in [0.4, 0.5) is 5.69 Å². The highest BCUT2D eigenvalue weighted by Gasteiger charge is 2.30. The molecule has 3 heteroatoms. The Kier molecular flexibility index (Phi) is 3.36. The SMILES string of the molecule is CC(C)C1CC(=O)N(Cc2ccc(N)cc2)C1. The van der Waals surface area contributed by atoms with E-state index >= 15 is 0 Å². The van der Waals surface area contributed by atoms with Crippen molar-refractivity contribution in [3.8, 4) is 0 Å². The van der Waals surface area contributed by atoms with Gasteiger partial charge in [-0.05, 0) is 29.5 Å². The molecule has 0 radical (unpaired) electrons. The summed E-state index contributed by atoms with van der Waals surface area (Å²) in [5, 5.41) is 0. The van der Waals surface area contributed by atoms with Crippen molar-refractivity contribution in [3.05, 3.63) is 29.8 Å². The summed E-state index contributed by atoms with van der Waals surface area (Å²) in [5.41, 5.74) is 7.56. The fourth-order valence-corrected chi connectivity index (χ4v) is 2.25. The van der Waals surface area contributed by atoms with Crippen molar-refractivity contribution in [2.24, 2.45) is 11.8 Å². The lowest BCUT2D eigenvalue weighted by molar-refractivity contribution is -0.128. The van der Waals surface area contributed by atoms with Gasteiger partial charge in [-0.3, -0.25) is 4.79 Å². The lowest BCUT2D eigenvalue weighted by Gasteiger charge is -2.18. The first-order chi connectivity index (χ1) is 8.06. The Balaban J connectivity index is 2.00. The highest BCUT2D eigenvalue weighted by molar-refractivity contribution is 5.78. The quantitative estimate of drug-likeness (QED) is 0.813. The molecule has 2 rings (SSSR count). The van der Waals surface area contributed by atoms with Crippen molar-refractivity contribution < 1.29 is 4.79 Å². The van der Waals surface area contributed by atoms with Crippen LogP contribution in [0.1, 0.15) is 25.8 Å². The molecule has 0 aliphatic carbocycles. The molecule has 3 nitrogen and oxygen atoms in total. The number of likely N-dealkylation sites (tertiary alicyclic amines) is 1. The van der Waals surface area contributed by atoms with Crippen molar-refractivity contribution in [2.75, 3.05) is 12.3 Å². The highest BCUT2D eigenvalue weighted by Crippen LogP contribution is 2.26. The molecule has 1 aromatic carbocycles. The number of nitrogens with two attached hydrogens (primary N) is 1. The molecule has 1 heterocycles. The number of hydrogen-bond acceptors (Lipinski definition) is 2. The van der Waals surface area contributed by atoms with Crippen molar-refractivity contribution in [1.82, 2.24) is 4.90 Å². The molecule has 1 atom stereocenters. The van der Waals surface area contributed by atoms with Gasteiger partial charge in [0.25, 0.3) is 0 Å². The van der Waals surface area contributed by atoms with E-state index in [1.807, 2.05) is 29.2 Å². The van der Waals surface area contributed by atoms with E-state index in [-0.39, 0.29) is 5.91 Å². The maximum Gasteiger partial charge on any atom is 0.223 e. The Bertz CT molecular complexity index is 397. The number of benzene rings is 1. The maximum absolute atomic E-state index is 11.9. The fourth-order valence-electron chi connectivity index (χ4n) is 2.25. The number of nitrogen functional groups attached to an aromatic ring is 1. The predicted molar refractivity (Wildman–Crippen MR) is 69.2 cm³/mol. The maximum atomic E-state index is 11.9. The van der Waals surface area contributed by atoms with E-state index in [0.717, 1.165) is 17.8 Å². The molecular weight excluding hydrogens is 212 g/mol. The summed E-state index contributed by atoms with van der Waals surface area (Å²) < 4.78 is 0. The Labute approximate surface area is 103 Å². The van der Waals surface area contributed by atoms with E-state index < -0.39 is 0 Å². The van der Waals surface area contributed by atoms with Gasteiger partial charge in [-0.25, -0.2) is 0 Å². The van der Waals surface area contributed by atoms with Crippen molar-refractivity contribution >= 4 is 11.6 Å². The van der Waals surface area contributed by atoms with Crippen LogP contribution in [0.25, 0.3) is 0 Å². The Morgan fingerprint density at radius 3 is 2.53 bits per heavy atom. The second-order valence-corrected chi connectivity index (χ2v) is 5.22. The van der Waals surface area contributed by atoms with Crippen molar-refractivity contribution in [2.45, 2.75) is 26.8 Å². The lowest BCUT2D eigenvalue weighted by atomic mass is 9.95. The molecule has 0 bridgehead atoms. The number of amides is 1. The topological polar surface area (TPSA) is 46.3 Å². The number of nitrogens with zero attached hydrogens (tertiary/aromatic N) is 1. The van der Waals surface area contributed by atoms with Crippen LogP contribution >= 0.6 is 0 Å². The second kappa shape index (κ2) is 4.78. The molecule has 1 aliphatic rings. The summed E-state index contributed by atoms with van der Waals surface area (Å²) >= 11 is 0. The standard InChI is InChI=1S/C14H20N2O/c1-10(2)12-7-14(17)16(9-12)8-11-3-5-13(15)6-4-11/h3-6,10,12H,7-9,15H2,1-2H3. The van der Waals surface area contributed by atoms with Crippen molar-refractivity contribution in [1.29, 1.82) is 0 Å². The van der Waals surface area contributed by atoms with Gasteiger partial charge in [-0.1, -0.05) is 26.0 Å². The fraction of sp³-hybridized carbons (Fsp3) is 0.500. The molecule has 1 saturated heterocycles. The van der Waals surface area contributed by atoms with Crippen LogP contribution in [0.3, 0.4) is 0 Å². The third kappa shape index (κ3) is 2.78. The van der Waals surface area contributed by atoms with E-state index in [4.69, 9.17) is 5.73 Å². The first kappa shape index (κ1) is 12.0. The molecule has 1 fully saturated rings. The zero-order valence-electron chi connectivity index (χ0n) is 10.5. The minimum Gasteiger partial charge on any atom is -0.399 e. The van der Waals surface area contributed by atoms with E-state index in [0.29, 0.717) is 24.8 Å². The molecule has 2 N–H and O–H groups in total. The molecule has 1 aromatic rings. The minimum atomic E-state index is 0.278. The van der Waals surface area contributed by atoms with Gasteiger partial charge in [0.15, 0.2) is 0 Å². The molecule has 0 saturated carbocycles. The Morgan fingerprint density at radius 2 is 2.00 bits per heavy atom. The number of carbonyl (C=O) groups is 1. The Morgan fingerprint density at radius 1 is 1.35 bits per heavy atom. The van der Waals surface area contributed by atoms with Crippen LogP contribution in [-0.4, -0.2) is 17.4 Å². The van der Waals surface area contributed by atoms with Gasteiger partial charge >= 0.3 is 0 Å². The first-order valence-electron chi connectivity index (χ1n) is 6.18. The number of carbonyl (C=O) groups excluding carboxylic acids is 1.